The standard InChI is InChI=1S/C24H27N3O2/c1-29-23-11-5-2-7-20(23)18-26-13-15-27(16-14-26)22-10-4-3-9-21(22)24(28)19-8-6-12-25-17-19/h2-12,17,24,28H,13-16,18H2,1H3. The zero-order valence-electron chi connectivity index (χ0n) is 16.7. The van der Waals surface area contributed by atoms with Gasteiger partial charge in [0.25, 0.3) is 0 Å². The molecule has 5 heteroatoms. The summed E-state index contributed by atoms with van der Waals surface area (Å²) in [5.41, 5.74) is 4.06. The van der Waals surface area contributed by atoms with E-state index in [1.807, 2.05) is 42.5 Å². The molecule has 1 fully saturated rings. The third-order valence-corrected chi connectivity index (χ3v) is 5.53. The Labute approximate surface area is 172 Å². The highest BCUT2D eigenvalue weighted by molar-refractivity contribution is 5.56. The Morgan fingerprint density at radius 1 is 0.966 bits per heavy atom. The van der Waals surface area contributed by atoms with Crippen molar-refractivity contribution in [3.05, 3.63) is 89.7 Å². The molecule has 150 valence electrons. The van der Waals surface area contributed by atoms with E-state index in [0.29, 0.717) is 0 Å². The van der Waals surface area contributed by atoms with Crippen LogP contribution in [0.4, 0.5) is 5.69 Å². The minimum atomic E-state index is -0.675. The zero-order valence-corrected chi connectivity index (χ0v) is 16.7. The molecule has 0 amide bonds. The third kappa shape index (κ3) is 4.42. The average Bonchev–Trinajstić information content (AvgIpc) is 2.80. The average molecular weight is 389 g/mol. The van der Waals surface area contributed by atoms with Crippen LogP contribution in [0.1, 0.15) is 22.8 Å². The maximum absolute atomic E-state index is 10.9. The summed E-state index contributed by atoms with van der Waals surface area (Å²) >= 11 is 0. The van der Waals surface area contributed by atoms with Gasteiger partial charge in [-0.15, -0.1) is 0 Å². The first-order chi connectivity index (χ1) is 14.3. The molecule has 3 aromatic rings. The summed E-state index contributed by atoms with van der Waals surface area (Å²) < 4.78 is 5.49. The van der Waals surface area contributed by atoms with Crippen molar-refractivity contribution in [1.29, 1.82) is 0 Å². The summed E-state index contributed by atoms with van der Waals surface area (Å²) in [4.78, 5) is 8.97. The van der Waals surface area contributed by atoms with Crippen molar-refractivity contribution in [3.63, 3.8) is 0 Å². The minimum absolute atomic E-state index is 0.675. The fourth-order valence-corrected chi connectivity index (χ4v) is 3.95. The van der Waals surface area contributed by atoms with Crippen LogP contribution in [-0.4, -0.2) is 48.3 Å². The molecule has 1 saturated heterocycles. The van der Waals surface area contributed by atoms with Gasteiger partial charge in [0.15, 0.2) is 0 Å². The van der Waals surface area contributed by atoms with Crippen molar-refractivity contribution in [2.45, 2.75) is 12.6 Å². The van der Waals surface area contributed by atoms with Crippen LogP contribution in [0.3, 0.4) is 0 Å². The first-order valence-electron chi connectivity index (χ1n) is 10.0. The van der Waals surface area contributed by atoms with Crippen LogP contribution in [0.15, 0.2) is 73.1 Å². The van der Waals surface area contributed by atoms with Crippen LogP contribution < -0.4 is 9.64 Å². The van der Waals surface area contributed by atoms with Crippen molar-refractivity contribution in [1.82, 2.24) is 9.88 Å². The van der Waals surface area contributed by atoms with Crippen molar-refractivity contribution in [2.75, 3.05) is 38.2 Å². The van der Waals surface area contributed by atoms with Gasteiger partial charge in [0.2, 0.25) is 0 Å². The molecule has 2 aromatic carbocycles. The highest BCUT2D eigenvalue weighted by Gasteiger charge is 2.22. The second-order valence-electron chi connectivity index (χ2n) is 7.32. The number of aliphatic hydroxyl groups excluding tert-OH is 1. The molecule has 1 atom stereocenters. The molecule has 1 aliphatic rings. The quantitative estimate of drug-likeness (QED) is 0.699. The summed E-state index contributed by atoms with van der Waals surface area (Å²) in [6, 6.07) is 20.1. The number of aromatic nitrogens is 1. The second kappa shape index (κ2) is 9.07. The molecule has 0 radical (unpaired) electrons. The summed E-state index contributed by atoms with van der Waals surface area (Å²) in [5, 5.41) is 10.9. The Hall–Kier alpha value is -2.89. The largest absolute Gasteiger partial charge is 0.496 e. The SMILES string of the molecule is COc1ccccc1CN1CCN(c2ccccc2C(O)c2cccnc2)CC1. The maximum Gasteiger partial charge on any atom is 0.123 e. The molecule has 1 N–H and O–H groups in total. The van der Waals surface area contributed by atoms with Crippen LogP contribution >= 0.6 is 0 Å². The number of anilines is 1. The van der Waals surface area contributed by atoms with Gasteiger partial charge in [-0.25, -0.2) is 0 Å². The molecule has 0 aliphatic carbocycles. The van der Waals surface area contributed by atoms with E-state index in [2.05, 4.69) is 33.0 Å². The summed E-state index contributed by atoms with van der Waals surface area (Å²) in [7, 11) is 1.72. The predicted molar refractivity (Wildman–Crippen MR) is 115 cm³/mol. The number of ether oxygens (including phenoxy) is 1. The van der Waals surface area contributed by atoms with E-state index in [1.54, 1.807) is 19.5 Å². The fraction of sp³-hybridized carbons (Fsp3) is 0.292. The van der Waals surface area contributed by atoms with Crippen molar-refractivity contribution < 1.29 is 9.84 Å². The molecule has 5 nitrogen and oxygen atoms in total. The van der Waals surface area contributed by atoms with Crippen molar-refractivity contribution in [3.8, 4) is 5.75 Å². The van der Waals surface area contributed by atoms with Crippen molar-refractivity contribution in [2.24, 2.45) is 0 Å². The smallest absolute Gasteiger partial charge is 0.123 e. The predicted octanol–water partition coefficient (Wildman–Crippen LogP) is 3.49. The van der Waals surface area contributed by atoms with E-state index < -0.39 is 6.10 Å². The summed E-state index contributed by atoms with van der Waals surface area (Å²) in [6.45, 7) is 4.67. The highest BCUT2D eigenvalue weighted by atomic mass is 16.5. The number of benzene rings is 2. The number of nitrogens with zero attached hydrogens (tertiary/aromatic N) is 3. The third-order valence-electron chi connectivity index (χ3n) is 5.53. The summed E-state index contributed by atoms with van der Waals surface area (Å²) in [5.74, 6) is 0.944. The maximum atomic E-state index is 10.9. The molecule has 1 aliphatic heterocycles. The lowest BCUT2D eigenvalue weighted by Crippen LogP contribution is -2.46. The Bertz CT molecular complexity index is 924. The van der Waals surface area contributed by atoms with Gasteiger partial charge >= 0.3 is 0 Å². The molecule has 1 unspecified atom stereocenters. The lowest BCUT2D eigenvalue weighted by Gasteiger charge is -2.37. The number of pyridine rings is 1. The first-order valence-corrected chi connectivity index (χ1v) is 10.0. The minimum Gasteiger partial charge on any atom is -0.496 e. The summed E-state index contributed by atoms with van der Waals surface area (Å²) in [6.07, 6.45) is 2.78. The van der Waals surface area contributed by atoms with Gasteiger partial charge < -0.3 is 14.7 Å². The lowest BCUT2D eigenvalue weighted by molar-refractivity contribution is 0.218. The molecular formula is C24H27N3O2. The Morgan fingerprint density at radius 2 is 1.72 bits per heavy atom. The van der Waals surface area contributed by atoms with Gasteiger partial charge in [-0.1, -0.05) is 42.5 Å². The van der Waals surface area contributed by atoms with E-state index in [1.165, 1.54) is 5.56 Å². The first kappa shape index (κ1) is 19.4. The molecule has 1 aromatic heterocycles. The second-order valence-corrected chi connectivity index (χ2v) is 7.32. The number of hydrogen-bond acceptors (Lipinski definition) is 5. The van der Waals surface area contributed by atoms with E-state index in [9.17, 15) is 5.11 Å². The zero-order chi connectivity index (χ0) is 20.1. The molecular weight excluding hydrogens is 362 g/mol. The topological polar surface area (TPSA) is 48.8 Å². The van der Waals surface area contributed by atoms with E-state index in [0.717, 1.165) is 55.3 Å². The lowest BCUT2D eigenvalue weighted by atomic mass is 10.00. The molecule has 0 saturated carbocycles. The molecule has 4 rings (SSSR count). The van der Waals surface area contributed by atoms with Crippen LogP contribution in [0, 0.1) is 0 Å². The van der Waals surface area contributed by atoms with Crippen molar-refractivity contribution >= 4 is 5.69 Å². The molecule has 0 bridgehead atoms. The van der Waals surface area contributed by atoms with Gasteiger partial charge in [-0.3, -0.25) is 9.88 Å². The van der Waals surface area contributed by atoms with Gasteiger partial charge in [0, 0.05) is 67.5 Å². The van der Waals surface area contributed by atoms with Crippen LogP contribution in [0.2, 0.25) is 0 Å². The van der Waals surface area contributed by atoms with Gasteiger partial charge in [0.05, 0.1) is 7.11 Å². The van der Waals surface area contributed by atoms with Gasteiger partial charge in [-0.2, -0.15) is 0 Å². The molecule has 2 heterocycles. The Balaban J connectivity index is 1.45. The number of piperazine rings is 1. The van der Waals surface area contributed by atoms with Crippen LogP contribution in [0.25, 0.3) is 0 Å². The number of para-hydroxylation sites is 2. The number of hydrogen-bond donors (Lipinski definition) is 1. The number of rotatable bonds is 6. The van der Waals surface area contributed by atoms with E-state index >= 15 is 0 Å². The Kier molecular flexibility index (Phi) is 6.08. The van der Waals surface area contributed by atoms with Gasteiger partial charge in [0.1, 0.15) is 11.9 Å². The number of aliphatic hydroxyl groups is 1. The monoisotopic (exact) mass is 389 g/mol. The van der Waals surface area contributed by atoms with E-state index in [4.69, 9.17) is 4.74 Å². The van der Waals surface area contributed by atoms with Crippen LogP contribution in [0.5, 0.6) is 5.75 Å². The van der Waals surface area contributed by atoms with Gasteiger partial charge in [-0.05, 0) is 18.2 Å². The number of methoxy groups -OCH3 is 1. The highest BCUT2D eigenvalue weighted by Crippen LogP contribution is 2.31. The van der Waals surface area contributed by atoms with E-state index in [-0.39, 0.29) is 0 Å². The molecule has 29 heavy (non-hydrogen) atoms. The normalized spacial score (nSPS) is 15.9. The van der Waals surface area contributed by atoms with Crippen LogP contribution in [-0.2, 0) is 6.54 Å². The molecule has 0 spiro atoms. The Morgan fingerprint density at radius 3 is 2.48 bits per heavy atom. The fourth-order valence-electron chi connectivity index (χ4n) is 3.95.